The number of nitrogens with zero attached hydrogens (tertiary/aromatic N) is 1. The summed E-state index contributed by atoms with van der Waals surface area (Å²) >= 11 is 4.25. The molecule has 1 saturated heterocycles. The van der Waals surface area contributed by atoms with Crippen molar-refractivity contribution in [3.63, 3.8) is 0 Å². The lowest BCUT2D eigenvalue weighted by Gasteiger charge is -2.51. The third-order valence-corrected chi connectivity index (χ3v) is 10.9. The predicted molar refractivity (Wildman–Crippen MR) is 107 cm³/mol. The van der Waals surface area contributed by atoms with E-state index in [1.807, 2.05) is 0 Å². The normalized spacial score (nSPS) is 33.4. The molecule has 0 aromatic rings. The smallest absolute Gasteiger partial charge is 0.309 e. The average Bonchev–Trinajstić information content (AvgIpc) is 3.30. The highest BCUT2D eigenvalue weighted by Gasteiger charge is 2.55. The molecule has 2 atom stereocenters. The fourth-order valence-corrected chi connectivity index (χ4v) is 9.54. The van der Waals surface area contributed by atoms with Gasteiger partial charge in [0, 0.05) is 11.5 Å². The maximum Gasteiger partial charge on any atom is 0.309 e. The Morgan fingerprint density at radius 1 is 1.07 bits per heavy atom. The number of hydrogen-bond acceptors (Lipinski definition) is 6. The van der Waals surface area contributed by atoms with E-state index in [9.17, 15) is 14.9 Å². The number of nitriles is 1. The van der Waals surface area contributed by atoms with Crippen molar-refractivity contribution < 1.29 is 14.3 Å². The van der Waals surface area contributed by atoms with E-state index in [0.717, 1.165) is 25.7 Å². The number of ether oxygens (including phenoxy) is 1. The molecule has 27 heavy (non-hydrogen) atoms. The van der Waals surface area contributed by atoms with Crippen LogP contribution < -0.4 is 5.32 Å². The zero-order valence-electron chi connectivity index (χ0n) is 15.7. The van der Waals surface area contributed by atoms with Crippen LogP contribution >= 0.6 is 23.5 Å². The highest BCUT2D eigenvalue weighted by molar-refractivity contribution is 8.21. The highest BCUT2D eigenvalue weighted by atomic mass is 32.2. The van der Waals surface area contributed by atoms with Crippen molar-refractivity contribution in [3.8, 4) is 6.07 Å². The van der Waals surface area contributed by atoms with Gasteiger partial charge >= 0.3 is 5.97 Å². The lowest BCUT2D eigenvalue weighted by molar-refractivity contribution is -0.155. The Balaban J connectivity index is 1.30. The summed E-state index contributed by atoms with van der Waals surface area (Å²) in [5.74, 6) is 3.00. The molecule has 1 amide bonds. The van der Waals surface area contributed by atoms with Crippen LogP contribution in [0.4, 0.5) is 0 Å². The third-order valence-electron chi connectivity index (χ3n) is 6.85. The first-order chi connectivity index (χ1) is 13.1. The van der Waals surface area contributed by atoms with E-state index >= 15 is 0 Å². The molecule has 1 aliphatic heterocycles. The van der Waals surface area contributed by atoms with E-state index < -0.39 is 5.54 Å². The largest absolute Gasteiger partial charge is 0.455 e. The minimum Gasteiger partial charge on any atom is -0.455 e. The van der Waals surface area contributed by atoms with Crippen LogP contribution in [0.25, 0.3) is 0 Å². The number of hydrogen-bond donors (Lipinski definition) is 1. The lowest BCUT2D eigenvalue weighted by Crippen LogP contribution is -2.49. The molecule has 1 heterocycles. The van der Waals surface area contributed by atoms with Crippen LogP contribution in [-0.4, -0.2) is 39.6 Å². The van der Waals surface area contributed by atoms with Gasteiger partial charge in [0.15, 0.2) is 6.61 Å². The molecular weight excluding hydrogens is 380 g/mol. The molecule has 4 fully saturated rings. The Morgan fingerprint density at radius 2 is 1.70 bits per heavy atom. The van der Waals surface area contributed by atoms with Crippen molar-refractivity contribution in [1.82, 2.24) is 5.32 Å². The molecule has 2 bridgehead atoms. The summed E-state index contributed by atoms with van der Waals surface area (Å²) in [6.07, 6.45) is 8.79. The van der Waals surface area contributed by atoms with Gasteiger partial charge in [-0.2, -0.15) is 5.26 Å². The van der Waals surface area contributed by atoms with Gasteiger partial charge in [-0.25, -0.2) is 0 Å². The summed E-state index contributed by atoms with van der Waals surface area (Å²) in [5.41, 5.74) is -0.755. The quantitative estimate of drug-likeness (QED) is 0.718. The summed E-state index contributed by atoms with van der Waals surface area (Å²) in [6.45, 7) is -0.261. The van der Waals surface area contributed by atoms with Crippen LogP contribution in [0.2, 0.25) is 0 Å². The van der Waals surface area contributed by atoms with Gasteiger partial charge in [0.05, 0.1) is 16.1 Å². The maximum absolute atomic E-state index is 12.6. The molecule has 148 valence electrons. The van der Waals surface area contributed by atoms with Crippen LogP contribution in [-0.2, 0) is 14.3 Å². The number of rotatable bonds is 4. The molecule has 3 saturated carbocycles. The van der Waals surface area contributed by atoms with E-state index in [1.54, 1.807) is 0 Å². The van der Waals surface area contributed by atoms with Crippen LogP contribution in [0, 0.1) is 29.1 Å². The second kappa shape index (κ2) is 7.87. The van der Waals surface area contributed by atoms with E-state index in [0.29, 0.717) is 28.8 Å². The summed E-state index contributed by atoms with van der Waals surface area (Å²) in [6, 6.07) is 2.24. The summed E-state index contributed by atoms with van der Waals surface area (Å²) in [5, 5.41) is 12.2. The highest BCUT2D eigenvalue weighted by Crippen LogP contribution is 2.64. The second-order valence-electron chi connectivity index (χ2n) is 8.47. The van der Waals surface area contributed by atoms with E-state index in [-0.39, 0.29) is 24.4 Å². The molecule has 0 aromatic heterocycles. The molecule has 0 aromatic carbocycles. The van der Waals surface area contributed by atoms with Crippen molar-refractivity contribution in [2.75, 3.05) is 18.1 Å². The number of esters is 1. The fraction of sp³-hybridized carbons (Fsp3) is 0.850. The monoisotopic (exact) mass is 408 g/mol. The Labute approximate surface area is 169 Å². The van der Waals surface area contributed by atoms with Gasteiger partial charge in [0.2, 0.25) is 0 Å². The van der Waals surface area contributed by atoms with Gasteiger partial charge < -0.3 is 10.1 Å². The first-order valence-corrected chi connectivity index (χ1v) is 12.2. The predicted octanol–water partition coefficient (Wildman–Crippen LogP) is 3.48. The third kappa shape index (κ3) is 3.72. The Morgan fingerprint density at radius 3 is 2.30 bits per heavy atom. The van der Waals surface area contributed by atoms with Gasteiger partial charge in [-0.15, -0.1) is 23.5 Å². The van der Waals surface area contributed by atoms with Crippen LogP contribution in [0.1, 0.15) is 57.8 Å². The first-order valence-electron chi connectivity index (χ1n) is 10.2. The van der Waals surface area contributed by atoms with Crippen LogP contribution in [0.15, 0.2) is 0 Å². The Bertz CT molecular complexity index is 620. The zero-order chi connectivity index (χ0) is 18.9. The molecule has 4 aliphatic rings. The standard InChI is InChI=1S/C20H28N2O3S2/c21-13-19(6-1-2-7-19)22-17(23)12-25-18(24)14-10-15-4-3-5-16(11-14)20(15)26-8-9-27-20/h14-16H,1-12H2,(H,22,23). The van der Waals surface area contributed by atoms with E-state index in [4.69, 9.17) is 4.74 Å². The number of carbonyl (C=O) groups excluding carboxylic acids is 2. The maximum atomic E-state index is 12.6. The Hall–Kier alpha value is -0.870. The number of carbonyl (C=O) groups is 2. The van der Waals surface area contributed by atoms with E-state index in [2.05, 4.69) is 34.9 Å². The Kier molecular flexibility index (Phi) is 5.67. The molecule has 7 heteroatoms. The minimum absolute atomic E-state index is 0.0723. The van der Waals surface area contributed by atoms with Gasteiger partial charge in [-0.1, -0.05) is 6.42 Å². The molecule has 2 unspecified atom stereocenters. The van der Waals surface area contributed by atoms with Crippen LogP contribution in [0.5, 0.6) is 0 Å². The molecule has 1 N–H and O–H groups in total. The first kappa shape index (κ1) is 19.4. The van der Waals surface area contributed by atoms with Crippen molar-refractivity contribution >= 4 is 35.4 Å². The van der Waals surface area contributed by atoms with Crippen molar-refractivity contribution in [2.24, 2.45) is 17.8 Å². The second-order valence-corrected chi connectivity index (χ2v) is 11.5. The number of thioether (sulfide) groups is 2. The number of amides is 1. The summed E-state index contributed by atoms with van der Waals surface area (Å²) in [7, 11) is 0. The molecule has 4 rings (SSSR count). The average molecular weight is 409 g/mol. The van der Waals surface area contributed by atoms with Crippen molar-refractivity contribution in [2.45, 2.75) is 67.4 Å². The molecular formula is C20H28N2O3S2. The SMILES string of the molecule is N#CC1(NC(=O)COC(=O)C2CC3CCCC(C2)C32SCCS2)CCCC1. The number of nitrogens with one attached hydrogen (secondary N) is 1. The van der Waals surface area contributed by atoms with Gasteiger partial charge in [0.1, 0.15) is 5.54 Å². The van der Waals surface area contributed by atoms with Crippen molar-refractivity contribution in [1.29, 1.82) is 5.26 Å². The zero-order valence-corrected chi connectivity index (χ0v) is 17.3. The van der Waals surface area contributed by atoms with E-state index in [1.165, 1.54) is 30.8 Å². The fourth-order valence-electron chi connectivity index (χ4n) is 5.60. The molecule has 0 radical (unpaired) electrons. The lowest BCUT2D eigenvalue weighted by atomic mass is 9.67. The van der Waals surface area contributed by atoms with Crippen molar-refractivity contribution in [3.05, 3.63) is 0 Å². The topological polar surface area (TPSA) is 79.2 Å². The van der Waals surface area contributed by atoms with Gasteiger partial charge in [-0.3, -0.25) is 9.59 Å². The van der Waals surface area contributed by atoms with Gasteiger partial charge in [-0.05, 0) is 63.2 Å². The van der Waals surface area contributed by atoms with Gasteiger partial charge in [0.25, 0.3) is 5.91 Å². The minimum atomic E-state index is -0.755. The summed E-state index contributed by atoms with van der Waals surface area (Å²) < 4.78 is 5.73. The molecule has 3 aliphatic carbocycles. The summed E-state index contributed by atoms with van der Waals surface area (Å²) in [4.78, 5) is 24.8. The van der Waals surface area contributed by atoms with Crippen LogP contribution in [0.3, 0.4) is 0 Å². The molecule has 1 spiro atoms. The molecule has 5 nitrogen and oxygen atoms in total.